The number of nitrogens with one attached hydrogen (secondary N) is 1. The molecule has 0 saturated heterocycles. The third-order valence-electron chi connectivity index (χ3n) is 4.41. The van der Waals surface area contributed by atoms with Crippen LogP contribution in [0, 0.1) is 0 Å². The van der Waals surface area contributed by atoms with Gasteiger partial charge in [0.1, 0.15) is 6.04 Å². The van der Waals surface area contributed by atoms with E-state index in [0.29, 0.717) is 18.5 Å². The van der Waals surface area contributed by atoms with Crippen LogP contribution in [0.1, 0.15) is 21.5 Å². The molecule has 5 nitrogen and oxygen atoms in total. The molecule has 2 aromatic rings. The lowest BCUT2D eigenvalue weighted by atomic mass is 9.94. The van der Waals surface area contributed by atoms with Gasteiger partial charge < -0.3 is 15.3 Å². The highest BCUT2D eigenvalue weighted by atomic mass is 16.3. The number of nitrogens with zero attached hydrogens (tertiary/aromatic N) is 1. The Balaban J connectivity index is 1.69. The van der Waals surface area contributed by atoms with Crippen molar-refractivity contribution in [2.45, 2.75) is 12.5 Å². The molecule has 134 valence electrons. The number of fused-ring (bicyclic) bond motifs is 1. The highest BCUT2D eigenvalue weighted by molar-refractivity contribution is 6.00. The van der Waals surface area contributed by atoms with Crippen molar-refractivity contribution in [3.05, 3.63) is 77.4 Å². The van der Waals surface area contributed by atoms with Crippen LogP contribution in [0.3, 0.4) is 0 Å². The molecule has 26 heavy (non-hydrogen) atoms. The minimum Gasteiger partial charge on any atom is -0.395 e. The molecule has 1 aliphatic heterocycles. The van der Waals surface area contributed by atoms with Crippen LogP contribution in [0.15, 0.2) is 60.7 Å². The highest BCUT2D eigenvalue weighted by Crippen LogP contribution is 2.17. The van der Waals surface area contributed by atoms with Gasteiger partial charge in [0.25, 0.3) is 5.91 Å². The second kappa shape index (κ2) is 8.45. The lowest BCUT2D eigenvalue weighted by Crippen LogP contribution is -2.52. The third-order valence-corrected chi connectivity index (χ3v) is 4.41. The largest absolute Gasteiger partial charge is 0.395 e. The van der Waals surface area contributed by atoms with Crippen molar-refractivity contribution in [2.24, 2.45) is 0 Å². The summed E-state index contributed by atoms with van der Waals surface area (Å²) in [6.45, 7) is 0.483. The maximum Gasteiger partial charge on any atom is 0.252 e. The number of carbonyl (C=O) groups excluding carboxylic acids is 2. The van der Waals surface area contributed by atoms with Crippen molar-refractivity contribution in [1.29, 1.82) is 0 Å². The average Bonchev–Trinajstić information content (AvgIpc) is 2.67. The first-order chi connectivity index (χ1) is 12.7. The molecular formula is C21H22N2O3. The van der Waals surface area contributed by atoms with Gasteiger partial charge >= 0.3 is 0 Å². The fraction of sp³-hybridized carbons (Fsp3) is 0.238. The maximum atomic E-state index is 12.9. The number of hydrogen-bond donors (Lipinski definition) is 2. The van der Waals surface area contributed by atoms with Crippen molar-refractivity contribution in [3.63, 3.8) is 0 Å². The Labute approximate surface area is 153 Å². The molecule has 0 radical (unpaired) electrons. The van der Waals surface area contributed by atoms with Crippen molar-refractivity contribution in [2.75, 3.05) is 19.7 Å². The van der Waals surface area contributed by atoms with Crippen LogP contribution in [0.4, 0.5) is 0 Å². The van der Waals surface area contributed by atoms with Crippen molar-refractivity contribution < 1.29 is 14.7 Å². The lowest BCUT2D eigenvalue weighted by molar-refractivity contribution is -0.133. The minimum atomic E-state index is -0.603. The van der Waals surface area contributed by atoms with E-state index in [1.807, 2.05) is 60.7 Å². The molecule has 1 atom stereocenters. The molecule has 0 aromatic heterocycles. The van der Waals surface area contributed by atoms with Gasteiger partial charge in [0.2, 0.25) is 5.91 Å². The van der Waals surface area contributed by atoms with Gasteiger partial charge in [0.05, 0.1) is 6.61 Å². The molecule has 2 amide bonds. The number of aliphatic hydroxyl groups excluding tert-OH is 1. The van der Waals surface area contributed by atoms with Crippen molar-refractivity contribution >= 4 is 17.9 Å². The third kappa shape index (κ3) is 4.18. The van der Waals surface area contributed by atoms with E-state index in [1.54, 1.807) is 11.0 Å². The zero-order valence-corrected chi connectivity index (χ0v) is 14.5. The molecule has 2 N–H and O–H groups in total. The van der Waals surface area contributed by atoms with Crippen LogP contribution in [0.2, 0.25) is 0 Å². The molecule has 0 aliphatic carbocycles. The first-order valence-electron chi connectivity index (χ1n) is 8.69. The normalized spacial score (nSPS) is 16.2. The van der Waals surface area contributed by atoms with Gasteiger partial charge in [-0.05, 0) is 17.2 Å². The number of aliphatic hydroxyl groups is 1. The topological polar surface area (TPSA) is 69.6 Å². The summed E-state index contributed by atoms with van der Waals surface area (Å²) in [6, 6.07) is 16.5. The molecule has 0 fully saturated rings. The first-order valence-corrected chi connectivity index (χ1v) is 8.69. The van der Waals surface area contributed by atoms with Crippen LogP contribution in [-0.2, 0) is 11.2 Å². The van der Waals surface area contributed by atoms with E-state index in [4.69, 9.17) is 0 Å². The molecule has 0 bridgehead atoms. The van der Waals surface area contributed by atoms with Crippen LogP contribution in [-0.4, -0.2) is 47.6 Å². The Kier molecular flexibility index (Phi) is 5.81. The second-order valence-electron chi connectivity index (χ2n) is 6.21. The van der Waals surface area contributed by atoms with E-state index in [2.05, 4.69) is 5.32 Å². The summed E-state index contributed by atoms with van der Waals surface area (Å²) >= 11 is 0. The smallest absolute Gasteiger partial charge is 0.252 e. The van der Waals surface area contributed by atoms with E-state index in [9.17, 15) is 14.7 Å². The summed E-state index contributed by atoms with van der Waals surface area (Å²) in [5.74, 6) is -0.409. The Morgan fingerprint density at radius 2 is 1.88 bits per heavy atom. The molecule has 5 heteroatoms. The second-order valence-corrected chi connectivity index (χ2v) is 6.21. The predicted molar refractivity (Wildman–Crippen MR) is 101 cm³/mol. The zero-order valence-electron chi connectivity index (χ0n) is 14.5. The Hall–Kier alpha value is -2.92. The summed E-state index contributed by atoms with van der Waals surface area (Å²) in [6.07, 6.45) is 4.29. The van der Waals surface area contributed by atoms with E-state index >= 15 is 0 Å². The maximum absolute atomic E-state index is 12.9. The Bertz CT molecular complexity index is 802. The Morgan fingerprint density at radius 3 is 2.65 bits per heavy atom. The van der Waals surface area contributed by atoms with Crippen LogP contribution >= 0.6 is 0 Å². The van der Waals surface area contributed by atoms with Gasteiger partial charge in [0.15, 0.2) is 0 Å². The molecule has 1 aliphatic rings. The summed E-state index contributed by atoms with van der Waals surface area (Å²) in [4.78, 5) is 26.7. The molecular weight excluding hydrogens is 328 g/mol. The number of rotatable bonds is 6. The Morgan fingerprint density at radius 1 is 1.15 bits per heavy atom. The van der Waals surface area contributed by atoms with E-state index in [0.717, 1.165) is 11.1 Å². The average molecular weight is 350 g/mol. The predicted octanol–water partition coefficient (Wildman–Crippen LogP) is 1.88. The summed E-state index contributed by atoms with van der Waals surface area (Å²) in [7, 11) is 0. The number of amides is 2. The fourth-order valence-corrected chi connectivity index (χ4v) is 3.09. The van der Waals surface area contributed by atoms with Crippen molar-refractivity contribution in [1.82, 2.24) is 10.2 Å². The summed E-state index contributed by atoms with van der Waals surface area (Å²) in [5.41, 5.74) is 2.54. The number of benzene rings is 2. The van der Waals surface area contributed by atoms with Gasteiger partial charge in [-0.25, -0.2) is 0 Å². The summed E-state index contributed by atoms with van der Waals surface area (Å²) < 4.78 is 0. The van der Waals surface area contributed by atoms with Crippen molar-refractivity contribution in [3.8, 4) is 0 Å². The van der Waals surface area contributed by atoms with Gasteiger partial charge in [0, 0.05) is 25.1 Å². The standard InChI is InChI=1S/C21H22N2O3/c24-14-13-23(12-6-9-16-7-2-1-3-8-16)21(26)19-15-17-10-4-5-11-18(17)20(25)22-19/h1-11,19,24H,12-15H2,(H,22,25)/b9-6+/t19-/m0/s1. The number of carbonyl (C=O) groups is 2. The van der Waals surface area contributed by atoms with Gasteiger partial charge in [-0.15, -0.1) is 0 Å². The zero-order chi connectivity index (χ0) is 18.4. The molecule has 2 aromatic carbocycles. The monoisotopic (exact) mass is 350 g/mol. The molecule has 0 saturated carbocycles. The van der Waals surface area contributed by atoms with Gasteiger partial charge in [-0.1, -0.05) is 60.7 Å². The molecule has 3 rings (SSSR count). The quantitative estimate of drug-likeness (QED) is 0.836. The molecule has 1 heterocycles. The highest BCUT2D eigenvalue weighted by Gasteiger charge is 2.31. The van der Waals surface area contributed by atoms with Gasteiger partial charge in [-0.2, -0.15) is 0 Å². The first kappa shape index (κ1) is 17.9. The lowest BCUT2D eigenvalue weighted by Gasteiger charge is -2.30. The van der Waals surface area contributed by atoms with E-state index in [-0.39, 0.29) is 25.0 Å². The SMILES string of the molecule is O=C1N[C@H](C(=O)N(C/C=C/c2ccccc2)CCO)Cc2ccccc21. The molecule has 0 spiro atoms. The fourth-order valence-electron chi connectivity index (χ4n) is 3.09. The van der Waals surface area contributed by atoms with Crippen LogP contribution < -0.4 is 5.32 Å². The molecule has 0 unspecified atom stereocenters. The summed E-state index contributed by atoms with van der Waals surface area (Å²) in [5, 5.41) is 12.1. The minimum absolute atomic E-state index is 0.123. The van der Waals surface area contributed by atoms with E-state index < -0.39 is 6.04 Å². The van der Waals surface area contributed by atoms with Crippen LogP contribution in [0.25, 0.3) is 6.08 Å². The number of hydrogen-bond acceptors (Lipinski definition) is 3. The van der Waals surface area contributed by atoms with Gasteiger partial charge in [-0.3, -0.25) is 9.59 Å². The van der Waals surface area contributed by atoms with Crippen LogP contribution in [0.5, 0.6) is 0 Å². The van der Waals surface area contributed by atoms with E-state index in [1.165, 1.54) is 0 Å².